The molecule has 1 atom stereocenters. The van der Waals surface area contributed by atoms with Gasteiger partial charge in [0.1, 0.15) is 5.66 Å². The van der Waals surface area contributed by atoms with Crippen molar-refractivity contribution in [2.24, 2.45) is 5.92 Å². The van der Waals surface area contributed by atoms with E-state index in [0.29, 0.717) is 0 Å². The Morgan fingerprint density at radius 3 is 2.00 bits per heavy atom. The topological polar surface area (TPSA) is 78.9 Å². The number of ether oxygens (including phenoxy) is 1. The van der Waals surface area contributed by atoms with Crippen LogP contribution < -0.4 is 0 Å². The van der Waals surface area contributed by atoms with Crippen LogP contribution in [0, 0.1) is 5.92 Å². The number of hydrogen-bond donors (Lipinski definition) is 0. The molecule has 1 saturated carbocycles. The van der Waals surface area contributed by atoms with Gasteiger partial charge in [0, 0.05) is 0 Å². The molecule has 0 aromatic heterocycles. The van der Waals surface area contributed by atoms with Crippen LogP contribution in [-0.4, -0.2) is 37.2 Å². The smallest absolute Gasteiger partial charge is 0.375 e. The van der Waals surface area contributed by atoms with Crippen molar-refractivity contribution in [3.8, 4) is 0 Å². The molecule has 0 N–H and O–H groups in total. The highest BCUT2D eigenvalue weighted by Gasteiger charge is 2.48. The molecule has 1 fully saturated rings. The number of esters is 1. The summed E-state index contributed by atoms with van der Waals surface area (Å²) in [5.74, 6) is -1.88. The van der Waals surface area contributed by atoms with E-state index in [0.717, 1.165) is 32.1 Å². The second-order valence-electron chi connectivity index (χ2n) is 5.30. The van der Waals surface area contributed by atoms with E-state index in [-0.39, 0.29) is 25.7 Å². The quantitative estimate of drug-likeness (QED) is 0.365. The van der Waals surface area contributed by atoms with Gasteiger partial charge in [0.15, 0.2) is 0 Å². The zero-order valence-corrected chi connectivity index (χ0v) is 14.6. The van der Waals surface area contributed by atoms with Gasteiger partial charge in [-0.25, -0.2) is 4.79 Å². The minimum absolute atomic E-state index is 0.107. The highest BCUT2D eigenvalue weighted by Crippen LogP contribution is 2.57. The predicted octanol–water partition coefficient (Wildman–Crippen LogP) is 3.33. The molecule has 7 heteroatoms. The van der Waals surface area contributed by atoms with Crippen LogP contribution in [-0.2, 0) is 27.9 Å². The molecule has 0 radical (unpaired) electrons. The van der Waals surface area contributed by atoms with Gasteiger partial charge in [-0.15, -0.1) is 0 Å². The Morgan fingerprint density at radius 1 is 1.00 bits per heavy atom. The first-order chi connectivity index (χ1) is 10.5. The van der Waals surface area contributed by atoms with Crippen molar-refractivity contribution >= 4 is 19.3 Å². The molecule has 0 amide bonds. The molecule has 6 nitrogen and oxygen atoms in total. The summed E-state index contributed by atoms with van der Waals surface area (Å²) < 4.78 is 28.6. The van der Waals surface area contributed by atoms with Crippen molar-refractivity contribution in [1.29, 1.82) is 0 Å². The van der Waals surface area contributed by atoms with Crippen LogP contribution in [0.1, 0.15) is 52.9 Å². The number of Topliss-reactive ketones (excluding diaryl/α,β-unsaturated/α-hetero) is 1. The first-order valence-corrected chi connectivity index (χ1v) is 9.71. The zero-order valence-electron chi connectivity index (χ0n) is 13.7. The van der Waals surface area contributed by atoms with E-state index in [1.807, 2.05) is 0 Å². The number of rotatable bonds is 9. The third kappa shape index (κ3) is 4.90. The molecular weight excluding hydrogens is 307 g/mol. The Kier molecular flexibility index (Phi) is 8.29. The number of hydrogen-bond acceptors (Lipinski definition) is 6. The fraction of sp³-hybridized carbons (Fsp3) is 0.867. The normalized spacial score (nSPS) is 18.0. The summed E-state index contributed by atoms with van der Waals surface area (Å²) in [6.07, 6.45) is 4.50. The van der Waals surface area contributed by atoms with Crippen molar-refractivity contribution in [1.82, 2.24) is 0 Å². The van der Waals surface area contributed by atoms with E-state index in [9.17, 15) is 14.2 Å². The average molecular weight is 334 g/mol. The Morgan fingerprint density at radius 2 is 1.55 bits per heavy atom. The van der Waals surface area contributed by atoms with E-state index in [4.69, 9.17) is 13.8 Å². The highest BCUT2D eigenvalue weighted by atomic mass is 31.2. The van der Waals surface area contributed by atoms with Gasteiger partial charge in [0.2, 0.25) is 0 Å². The van der Waals surface area contributed by atoms with Gasteiger partial charge >= 0.3 is 13.6 Å². The van der Waals surface area contributed by atoms with Gasteiger partial charge in [0.05, 0.1) is 19.8 Å². The highest BCUT2D eigenvalue weighted by molar-refractivity contribution is 7.56. The zero-order chi connectivity index (χ0) is 16.6. The van der Waals surface area contributed by atoms with Gasteiger partial charge in [0.25, 0.3) is 5.78 Å². The number of carbonyl (C=O) groups is 2. The van der Waals surface area contributed by atoms with E-state index >= 15 is 0 Å². The van der Waals surface area contributed by atoms with Crippen LogP contribution in [0.25, 0.3) is 0 Å². The minimum Gasteiger partial charge on any atom is -0.460 e. The molecule has 1 aliphatic carbocycles. The van der Waals surface area contributed by atoms with Gasteiger partial charge < -0.3 is 13.8 Å². The van der Waals surface area contributed by atoms with Crippen LogP contribution in [0.5, 0.6) is 0 Å². The largest absolute Gasteiger partial charge is 0.460 e. The van der Waals surface area contributed by atoms with Gasteiger partial charge in [-0.05, 0) is 39.5 Å². The van der Waals surface area contributed by atoms with Gasteiger partial charge in [-0.3, -0.25) is 9.36 Å². The molecule has 0 saturated heterocycles. The fourth-order valence-corrected chi connectivity index (χ4v) is 5.27. The lowest BCUT2D eigenvalue weighted by Gasteiger charge is -2.32. The Hall–Kier alpha value is -0.710. The first kappa shape index (κ1) is 19.3. The lowest BCUT2D eigenvalue weighted by molar-refractivity contribution is -0.154. The molecule has 0 heterocycles. The molecule has 1 aliphatic rings. The summed E-state index contributed by atoms with van der Waals surface area (Å²) >= 11 is 0. The molecule has 1 rings (SSSR count). The summed E-state index contributed by atoms with van der Waals surface area (Å²) in [6.45, 7) is 5.45. The summed E-state index contributed by atoms with van der Waals surface area (Å²) in [5, 5.41) is 0. The van der Waals surface area contributed by atoms with Crippen molar-refractivity contribution in [3.05, 3.63) is 0 Å². The van der Waals surface area contributed by atoms with Crippen LogP contribution in [0.15, 0.2) is 0 Å². The molecule has 1 unspecified atom stereocenters. The monoisotopic (exact) mass is 334 g/mol. The molecule has 0 spiro atoms. The van der Waals surface area contributed by atoms with Gasteiger partial charge in [-0.2, -0.15) is 0 Å². The van der Waals surface area contributed by atoms with Crippen LogP contribution >= 0.6 is 7.60 Å². The maximum atomic E-state index is 13.1. The molecule has 0 aromatic rings. The van der Waals surface area contributed by atoms with E-state index < -0.39 is 25.0 Å². The van der Waals surface area contributed by atoms with Crippen LogP contribution in [0.3, 0.4) is 0 Å². The standard InChI is InChI=1S/C15H27O6P/c1-4-19-15(17)13(16)14(12-10-8-7-9-11-12)22(18,20-5-2)21-6-3/h12,14H,4-11H2,1-3H3. The second kappa shape index (κ2) is 9.43. The Labute approximate surface area is 132 Å². The van der Waals surface area contributed by atoms with Gasteiger partial charge in [-0.1, -0.05) is 19.3 Å². The molecule has 128 valence electrons. The van der Waals surface area contributed by atoms with Crippen molar-refractivity contribution in [3.63, 3.8) is 0 Å². The molecule has 22 heavy (non-hydrogen) atoms. The number of ketones is 1. The SMILES string of the molecule is CCOC(=O)C(=O)C(C1CCCCC1)P(=O)(OCC)OCC. The Balaban J connectivity index is 3.10. The van der Waals surface area contributed by atoms with Crippen molar-refractivity contribution < 1.29 is 27.9 Å². The molecular formula is C15H27O6P. The van der Waals surface area contributed by atoms with Crippen molar-refractivity contribution in [2.75, 3.05) is 19.8 Å². The van der Waals surface area contributed by atoms with E-state index in [1.165, 1.54) is 0 Å². The molecule has 0 aliphatic heterocycles. The lowest BCUT2D eigenvalue weighted by Crippen LogP contribution is -2.38. The van der Waals surface area contributed by atoms with E-state index in [1.54, 1.807) is 20.8 Å². The summed E-state index contributed by atoms with van der Waals surface area (Å²) in [5.41, 5.74) is -1.05. The predicted molar refractivity (Wildman–Crippen MR) is 82.9 cm³/mol. The second-order valence-corrected chi connectivity index (χ2v) is 7.46. The van der Waals surface area contributed by atoms with E-state index in [2.05, 4.69) is 0 Å². The lowest BCUT2D eigenvalue weighted by atomic mass is 9.85. The minimum atomic E-state index is -3.68. The maximum Gasteiger partial charge on any atom is 0.375 e. The fourth-order valence-electron chi connectivity index (χ4n) is 2.95. The van der Waals surface area contributed by atoms with Crippen molar-refractivity contribution in [2.45, 2.75) is 58.5 Å². The summed E-state index contributed by atoms with van der Waals surface area (Å²) in [6, 6.07) is 0. The molecule has 0 bridgehead atoms. The van der Waals surface area contributed by atoms with Crippen LogP contribution in [0.2, 0.25) is 0 Å². The first-order valence-electron chi connectivity index (χ1n) is 8.09. The average Bonchev–Trinajstić information content (AvgIpc) is 2.49. The summed E-state index contributed by atoms with van der Waals surface area (Å²) in [7, 11) is -3.68. The third-order valence-corrected chi connectivity index (χ3v) is 6.37. The Bertz CT molecular complexity index is 406. The molecule has 0 aromatic carbocycles. The number of carbonyl (C=O) groups excluding carboxylic acids is 2. The maximum absolute atomic E-state index is 13.1. The summed E-state index contributed by atoms with van der Waals surface area (Å²) in [4.78, 5) is 24.4. The van der Waals surface area contributed by atoms with Crippen LogP contribution in [0.4, 0.5) is 0 Å². The third-order valence-electron chi connectivity index (χ3n) is 3.80.